The number of nitrogens with one attached hydrogen (secondary N) is 1. The van der Waals surface area contributed by atoms with Gasteiger partial charge in [-0.1, -0.05) is 18.6 Å². The van der Waals surface area contributed by atoms with Crippen LogP contribution in [-0.2, 0) is 14.6 Å². The minimum absolute atomic E-state index is 0.136. The maximum absolute atomic E-state index is 12.8. The van der Waals surface area contributed by atoms with Gasteiger partial charge in [0.05, 0.1) is 17.1 Å². The van der Waals surface area contributed by atoms with Crippen molar-refractivity contribution in [1.29, 1.82) is 0 Å². The van der Waals surface area contributed by atoms with Gasteiger partial charge in [0, 0.05) is 13.1 Å². The fraction of sp³-hybridized carbons (Fsp3) is 0.533. The van der Waals surface area contributed by atoms with Gasteiger partial charge >= 0.3 is 0 Å². The molecule has 1 fully saturated rings. The summed E-state index contributed by atoms with van der Waals surface area (Å²) < 4.78 is 24.4. The second kappa shape index (κ2) is 5.67. The second-order valence-corrected chi connectivity index (χ2v) is 7.94. The van der Waals surface area contributed by atoms with E-state index in [0.717, 1.165) is 30.8 Å². The lowest BCUT2D eigenvalue weighted by molar-refractivity contribution is -0.118. The highest BCUT2D eigenvalue weighted by molar-refractivity contribution is 7.92. The predicted molar refractivity (Wildman–Crippen MR) is 83.3 cm³/mol. The van der Waals surface area contributed by atoms with Crippen LogP contribution in [0.3, 0.4) is 0 Å². The highest BCUT2D eigenvalue weighted by atomic mass is 32.2. The largest absolute Gasteiger partial charge is 0.383 e. The van der Waals surface area contributed by atoms with E-state index >= 15 is 0 Å². The zero-order chi connectivity index (χ0) is 14.9. The Morgan fingerprint density at radius 2 is 2.00 bits per heavy atom. The molecule has 6 heteroatoms. The van der Waals surface area contributed by atoms with Crippen LogP contribution in [0.2, 0.25) is 0 Å². The lowest BCUT2D eigenvalue weighted by Crippen LogP contribution is -2.45. The maximum Gasteiger partial charge on any atom is 0.245 e. The van der Waals surface area contributed by atoms with Crippen molar-refractivity contribution in [3.8, 4) is 0 Å². The van der Waals surface area contributed by atoms with Gasteiger partial charge in [0.25, 0.3) is 0 Å². The predicted octanol–water partition coefficient (Wildman–Crippen LogP) is 1.80. The molecule has 1 aromatic carbocycles. The molecule has 114 valence electrons. The van der Waals surface area contributed by atoms with Crippen molar-refractivity contribution in [3.05, 3.63) is 24.3 Å². The number of amides is 1. The third-order valence-electron chi connectivity index (χ3n) is 4.19. The highest BCUT2D eigenvalue weighted by Crippen LogP contribution is 2.31. The van der Waals surface area contributed by atoms with Gasteiger partial charge in [-0.25, -0.2) is 8.42 Å². The Hall–Kier alpha value is -1.56. The van der Waals surface area contributed by atoms with E-state index < -0.39 is 15.1 Å². The molecule has 0 saturated carbocycles. The molecule has 1 amide bonds. The van der Waals surface area contributed by atoms with E-state index in [1.54, 1.807) is 4.90 Å². The van der Waals surface area contributed by atoms with Gasteiger partial charge in [-0.15, -0.1) is 0 Å². The van der Waals surface area contributed by atoms with Gasteiger partial charge in [-0.2, -0.15) is 0 Å². The molecule has 2 aliphatic rings. The zero-order valence-corrected chi connectivity index (χ0v) is 12.7. The summed E-state index contributed by atoms with van der Waals surface area (Å²) in [6, 6.07) is 7.59. The van der Waals surface area contributed by atoms with Crippen LogP contribution >= 0.6 is 0 Å². The van der Waals surface area contributed by atoms with Crippen LogP contribution in [0.15, 0.2) is 24.3 Å². The number of hydrogen-bond acceptors (Lipinski definition) is 4. The molecule has 5 nitrogen and oxygen atoms in total. The fourth-order valence-corrected chi connectivity index (χ4v) is 4.93. The summed E-state index contributed by atoms with van der Waals surface area (Å²) in [5, 5.41) is 2.43. The Morgan fingerprint density at radius 3 is 2.81 bits per heavy atom. The van der Waals surface area contributed by atoms with Crippen molar-refractivity contribution < 1.29 is 13.2 Å². The van der Waals surface area contributed by atoms with Gasteiger partial charge < -0.3 is 10.2 Å². The summed E-state index contributed by atoms with van der Waals surface area (Å²) in [7, 11) is -3.30. The van der Waals surface area contributed by atoms with E-state index in [2.05, 4.69) is 5.32 Å². The molecule has 1 atom stereocenters. The van der Waals surface area contributed by atoms with E-state index in [1.807, 2.05) is 24.3 Å². The quantitative estimate of drug-likeness (QED) is 0.859. The van der Waals surface area contributed by atoms with Crippen LogP contribution in [0.4, 0.5) is 11.4 Å². The van der Waals surface area contributed by atoms with Gasteiger partial charge in [-0.05, 0) is 31.4 Å². The van der Waals surface area contributed by atoms with E-state index in [-0.39, 0.29) is 11.7 Å². The second-order valence-electron chi connectivity index (χ2n) is 5.64. The first-order valence-electron chi connectivity index (χ1n) is 7.45. The molecule has 0 radical (unpaired) electrons. The minimum atomic E-state index is -3.30. The third kappa shape index (κ3) is 2.77. The average molecular weight is 308 g/mol. The molecule has 2 heterocycles. The van der Waals surface area contributed by atoms with Crippen LogP contribution in [0, 0.1) is 0 Å². The molecule has 3 rings (SSSR count). The van der Waals surface area contributed by atoms with Gasteiger partial charge in [0.15, 0.2) is 9.84 Å². The van der Waals surface area contributed by atoms with Crippen LogP contribution in [0.1, 0.15) is 25.7 Å². The zero-order valence-electron chi connectivity index (χ0n) is 11.9. The van der Waals surface area contributed by atoms with Crippen molar-refractivity contribution in [2.24, 2.45) is 0 Å². The molecule has 1 saturated heterocycles. The number of sulfone groups is 1. The number of rotatable bonds is 1. The summed E-state index contributed by atoms with van der Waals surface area (Å²) in [6.45, 7) is 1.35. The molecule has 1 unspecified atom stereocenters. The molecular formula is C15H20N2O3S. The first-order valence-corrected chi connectivity index (χ1v) is 9.17. The van der Waals surface area contributed by atoms with Crippen molar-refractivity contribution in [1.82, 2.24) is 0 Å². The summed E-state index contributed by atoms with van der Waals surface area (Å²) in [6.07, 6.45) is 2.74. The standard InChI is InChI=1S/C15H20N2O3S/c18-15(14-8-3-4-11-21(14,19)20)17-10-5-9-16-12-6-1-2-7-13(12)17/h1-2,6-7,14,16H,3-5,8-11H2. The Bertz CT molecular complexity index is 642. The van der Waals surface area contributed by atoms with Crippen molar-refractivity contribution in [3.63, 3.8) is 0 Å². The highest BCUT2D eigenvalue weighted by Gasteiger charge is 2.38. The molecule has 0 aromatic heterocycles. The third-order valence-corrected chi connectivity index (χ3v) is 6.35. The molecule has 1 N–H and O–H groups in total. The van der Waals surface area contributed by atoms with E-state index in [0.29, 0.717) is 19.4 Å². The van der Waals surface area contributed by atoms with Crippen molar-refractivity contribution in [2.75, 3.05) is 29.1 Å². The smallest absolute Gasteiger partial charge is 0.245 e. The lowest BCUT2D eigenvalue weighted by atomic mass is 10.1. The normalized spacial score (nSPS) is 24.6. The lowest BCUT2D eigenvalue weighted by Gasteiger charge is -2.29. The number of fused-ring (bicyclic) bond motifs is 1. The number of anilines is 2. The Labute approximate surface area is 125 Å². The summed E-state index contributed by atoms with van der Waals surface area (Å²) in [4.78, 5) is 14.5. The van der Waals surface area contributed by atoms with E-state index in [1.165, 1.54) is 0 Å². The van der Waals surface area contributed by atoms with Crippen LogP contribution < -0.4 is 10.2 Å². The molecule has 0 aliphatic carbocycles. The minimum Gasteiger partial charge on any atom is -0.383 e. The summed E-state index contributed by atoms with van der Waals surface area (Å²) >= 11 is 0. The Morgan fingerprint density at radius 1 is 1.19 bits per heavy atom. The van der Waals surface area contributed by atoms with Gasteiger partial charge in [0.2, 0.25) is 5.91 Å². The first kappa shape index (κ1) is 14.4. The first-order chi connectivity index (χ1) is 10.1. The number of carbonyl (C=O) groups is 1. The van der Waals surface area contributed by atoms with Gasteiger partial charge in [0.1, 0.15) is 5.25 Å². The molecule has 0 spiro atoms. The van der Waals surface area contributed by atoms with E-state index in [9.17, 15) is 13.2 Å². The molecule has 21 heavy (non-hydrogen) atoms. The average Bonchev–Trinajstić information content (AvgIpc) is 2.68. The fourth-order valence-electron chi connectivity index (χ4n) is 3.07. The van der Waals surface area contributed by atoms with E-state index in [4.69, 9.17) is 0 Å². The molecule has 2 aliphatic heterocycles. The molecule has 0 bridgehead atoms. The van der Waals surface area contributed by atoms with Crippen molar-refractivity contribution >= 4 is 27.1 Å². The summed E-state index contributed by atoms with van der Waals surface area (Å²) in [5.74, 6) is -0.122. The van der Waals surface area contributed by atoms with Crippen LogP contribution in [0.25, 0.3) is 0 Å². The number of carbonyl (C=O) groups excluding carboxylic acids is 1. The van der Waals surface area contributed by atoms with Crippen molar-refractivity contribution in [2.45, 2.75) is 30.9 Å². The topological polar surface area (TPSA) is 66.5 Å². The van der Waals surface area contributed by atoms with Gasteiger partial charge in [-0.3, -0.25) is 4.79 Å². The van der Waals surface area contributed by atoms with Crippen LogP contribution in [0.5, 0.6) is 0 Å². The number of hydrogen-bond donors (Lipinski definition) is 1. The maximum atomic E-state index is 12.8. The van der Waals surface area contributed by atoms with Crippen LogP contribution in [-0.4, -0.2) is 38.4 Å². The monoisotopic (exact) mass is 308 g/mol. The number of benzene rings is 1. The Kier molecular flexibility index (Phi) is 3.89. The molecule has 1 aromatic rings. The molecular weight excluding hydrogens is 288 g/mol. The Balaban J connectivity index is 1.94. The summed E-state index contributed by atoms with van der Waals surface area (Å²) in [5.41, 5.74) is 1.69. The number of para-hydroxylation sites is 2. The number of nitrogens with zero attached hydrogens (tertiary/aromatic N) is 1. The SMILES string of the molecule is O=C(C1CCCCS1(=O)=O)N1CCCNc2ccccc21.